The van der Waals surface area contributed by atoms with Crippen LogP contribution in [-0.4, -0.2) is 10.2 Å². The number of aromatic hydroxyl groups is 2. The Morgan fingerprint density at radius 2 is 0.638 bits per heavy atom. The van der Waals surface area contributed by atoms with Gasteiger partial charge in [0.2, 0.25) is 0 Å². The molecule has 4 rings (SSSR count). The van der Waals surface area contributed by atoms with Crippen LogP contribution in [-0.2, 0) is 0 Å². The Hall–Kier alpha value is -2.13. The van der Waals surface area contributed by atoms with E-state index in [9.17, 15) is 10.2 Å². The number of phenols is 2. The van der Waals surface area contributed by atoms with E-state index in [1.54, 1.807) is 0 Å². The van der Waals surface area contributed by atoms with Crippen molar-refractivity contribution in [1.82, 2.24) is 0 Å². The summed E-state index contributed by atoms with van der Waals surface area (Å²) in [7, 11) is 0. The highest BCUT2D eigenvalue weighted by Crippen LogP contribution is 2.42. The van der Waals surface area contributed by atoms with Crippen molar-refractivity contribution in [1.29, 1.82) is 0 Å². The summed E-state index contributed by atoms with van der Waals surface area (Å²) >= 11 is 0. The minimum absolute atomic E-state index is 0. The summed E-state index contributed by atoms with van der Waals surface area (Å²) in [6, 6.07) is 8.52. The summed E-state index contributed by atoms with van der Waals surface area (Å²) in [4.78, 5) is 0. The summed E-state index contributed by atoms with van der Waals surface area (Å²) in [5.74, 6) is 2.40. The average Bonchev–Trinajstić information content (AvgIpc) is 2.75. The van der Waals surface area contributed by atoms with E-state index >= 15 is 0 Å². The van der Waals surface area contributed by atoms with Gasteiger partial charge in [0.25, 0.3) is 0 Å². The van der Waals surface area contributed by atoms with Crippen LogP contribution in [0.5, 0.6) is 11.5 Å². The van der Waals surface area contributed by atoms with E-state index in [1.165, 1.54) is 48.0 Å². The van der Waals surface area contributed by atoms with Crippen molar-refractivity contribution in [3.8, 4) is 11.5 Å². The van der Waals surface area contributed by atoms with Crippen LogP contribution in [0.1, 0.15) is 191 Å². The molecule has 0 radical (unpaired) electrons. The van der Waals surface area contributed by atoms with Crippen LogP contribution >= 0.6 is 13.5 Å². The third kappa shape index (κ3) is 20.1. The quantitative estimate of drug-likeness (QED) is 0.336. The maximum atomic E-state index is 10.1. The number of benzene rings is 2. The summed E-state index contributed by atoms with van der Waals surface area (Å²) < 4.78 is 0. The Bertz CT molecular complexity index is 904. The molecule has 47 heavy (non-hydrogen) atoms. The van der Waals surface area contributed by atoms with Gasteiger partial charge in [-0.2, -0.15) is 13.5 Å². The number of phenolic OH excluding ortho intramolecular Hbond substituents is 2. The Morgan fingerprint density at radius 1 is 0.426 bits per heavy atom. The van der Waals surface area contributed by atoms with Crippen molar-refractivity contribution < 1.29 is 10.2 Å². The fourth-order valence-corrected chi connectivity index (χ4v) is 5.37. The maximum absolute atomic E-state index is 10.1. The molecule has 2 N–H and O–H groups in total. The van der Waals surface area contributed by atoms with E-state index in [0.29, 0.717) is 11.5 Å². The number of aryl methyl sites for hydroxylation is 4. The Kier molecular flexibility index (Phi) is 73.9. The van der Waals surface area contributed by atoms with Crippen molar-refractivity contribution in [3.05, 3.63) is 69.8 Å². The molecule has 0 saturated carbocycles. The third-order valence-electron chi connectivity index (χ3n) is 7.29. The van der Waals surface area contributed by atoms with Crippen molar-refractivity contribution in [2.75, 3.05) is 0 Å². The van der Waals surface area contributed by atoms with E-state index in [1.807, 2.05) is 27.7 Å². The van der Waals surface area contributed by atoms with Gasteiger partial charge in [0.05, 0.1) is 0 Å². The van der Waals surface area contributed by atoms with Gasteiger partial charge >= 0.3 is 0 Å². The standard InChI is InChI=1S/C28H34O2.16CH4.H2S/c1-17-13-25(14-18(2)27(17)29)23-9-5-21(6-10-23)22-7-11-24(12-8-22)26-15-19(3)28(30)20(4)16-26;;;;;;;;;;;;;;;;;/h9,11,13-16,21-22,29-30H,5-8,10,12H2,1-4H3;16*1H4;1H2. The smallest absolute Gasteiger partial charge is 0.121 e. The molecule has 2 nitrogen and oxygen atoms in total. The van der Waals surface area contributed by atoms with Gasteiger partial charge in [0, 0.05) is 0 Å². The molecule has 2 atom stereocenters. The molecule has 0 heterocycles. The van der Waals surface area contributed by atoms with E-state index in [4.69, 9.17) is 0 Å². The molecular formula is C44H100O2S. The van der Waals surface area contributed by atoms with Crippen LogP contribution in [0.15, 0.2) is 36.4 Å². The van der Waals surface area contributed by atoms with Gasteiger partial charge in [-0.15, -0.1) is 0 Å². The number of allylic oxidation sites excluding steroid dienone is 4. The van der Waals surface area contributed by atoms with Crippen LogP contribution in [0.4, 0.5) is 0 Å². The normalized spacial score (nSPS) is 14.0. The third-order valence-corrected chi connectivity index (χ3v) is 7.29. The highest BCUT2D eigenvalue weighted by atomic mass is 32.1. The Labute approximate surface area is 312 Å². The fraction of sp³-hybridized carbons (Fsp3) is 0.636. The van der Waals surface area contributed by atoms with E-state index in [-0.39, 0.29) is 132 Å². The molecule has 0 spiro atoms. The molecule has 2 aliphatic carbocycles. The van der Waals surface area contributed by atoms with Crippen molar-refractivity contribution in [3.63, 3.8) is 0 Å². The van der Waals surface area contributed by atoms with Crippen LogP contribution in [0.3, 0.4) is 0 Å². The molecule has 294 valence electrons. The predicted octanol–water partition coefficient (Wildman–Crippen LogP) is 17.7. The largest absolute Gasteiger partial charge is 0.507 e. The van der Waals surface area contributed by atoms with Crippen molar-refractivity contribution >= 4 is 24.6 Å². The molecule has 2 unspecified atom stereocenters. The number of rotatable bonds is 3. The predicted molar refractivity (Wildman–Crippen MR) is 244 cm³/mol. The zero-order valence-electron chi connectivity index (χ0n) is 19.3. The Morgan fingerprint density at radius 3 is 0.809 bits per heavy atom. The summed E-state index contributed by atoms with van der Waals surface area (Å²) in [5, 5.41) is 20.1. The lowest BCUT2D eigenvalue weighted by molar-refractivity contribution is 0.292. The van der Waals surface area contributed by atoms with Gasteiger partial charge in [0.15, 0.2) is 0 Å². The molecule has 0 saturated heterocycles. The average molecular weight is 693 g/mol. The van der Waals surface area contributed by atoms with Crippen molar-refractivity contribution in [2.45, 2.75) is 185 Å². The monoisotopic (exact) mass is 693 g/mol. The Balaban J connectivity index is -0.0000000534. The highest BCUT2D eigenvalue weighted by Gasteiger charge is 2.26. The SMILES string of the molecule is C.C.C.C.C.C.C.C.C.C.C.C.C.C.C.C.Cc1cc(C2=CCC(C3CC=C(c4cc(C)c(O)c(C)c4)CC3)CC2)cc(C)c1O.S. The lowest BCUT2D eigenvalue weighted by Crippen LogP contribution is -2.19. The summed E-state index contributed by atoms with van der Waals surface area (Å²) in [6.07, 6.45) is 12.0. The lowest BCUT2D eigenvalue weighted by atomic mass is 9.73. The second-order valence-electron chi connectivity index (χ2n) is 9.44. The molecule has 0 aromatic heterocycles. The zero-order chi connectivity index (χ0) is 21.4. The van der Waals surface area contributed by atoms with E-state index in [2.05, 4.69) is 36.4 Å². The number of hydrogen-bond acceptors (Lipinski definition) is 2. The van der Waals surface area contributed by atoms with Gasteiger partial charge < -0.3 is 10.2 Å². The molecule has 0 fully saturated rings. The van der Waals surface area contributed by atoms with Crippen LogP contribution in [0.2, 0.25) is 0 Å². The van der Waals surface area contributed by atoms with Gasteiger partial charge in [-0.05, 0) is 147 Å². The molecule has 0 aliphatic heterocycles. The molecular weight excluding hydrogens is 593 g/mol. The van der Waals surface area contributed by atoms with Crippen molar-refractivity contribution in [2.24, 2.45) is 11.8 Å². The summed E-state index contributed by atoms with van der Waals surface area (Å²) in [5.41, 5.74) is 9.33. The minimum atomic E-state index is 0. The first-order valence-electron chi connectivity index (χ1n) is 11.3. The maximum Gasteiger partial charge on any atom is 0.121 e. The highest BCUT2D eigenvalue weighted by molar-refractivity contribution is 7.59. The first-order chi connectivity index (χ1) is 14.3. The van der Waals surface area contributed by atoms with Gasteiger partial charge in [0.1, 0.15) is 11.5 Å². The fourth-order valence-electron chi connectivity index (χ4n) is 5.37. The van der Waals surface area contributed by atoms with Crippen LogP contribution < -0.4 is 0 Å². The van der Waals surface area contributed by atoms with Crippen LogP contribution in [0, 0.1) is 39.5 Å². The zero-order valence-corrected chi connectivity index (χ0v) is 20.3. The second-order valence-corrected chi connectivity index (χ2v) is 9.44. The minimum Gasteiger partial charge on any atom is -0.507 e. The van der Waals surface area contributed by atoms with E-state index in [0.717, 1.165) is 46.9 Å². The van der Waals surface area contributed by atoms with Crippen LogP contribution in [0.25, 0.3) is 11.1 Å². The second kappa shape index (κ2) is 38.3. The first kappa shape index (κ1) is 90.6. The van der Waals surface area contributed by atoms with Gasteiger partial charge in [-0.25, -0.2) is 0 Å². The molecule has 0 bridgehead atoms. The molecule has 0 amide bonds. The van der Waals surface area contributed by atoms with Gasteiger partial charge in [-0.1, -0.05) is 131 Å². The first-order valence-corrected chi connectivity index (χ1v) is 11.3. The van der Waals surface area contributed by atoms with E-state index < -0.39 is 0 Å². The molecule has 2 aromatic rings. The lowest BCUT2D eigenvalue weighted by Gasteiger charge is -2.32. The summed E-state index contributed by atoms with van der Waals surface area (Å²) in [6.45, 7) is 7.95. The molecule has 3 heteroatoms. The van der Waals surface area contributed by atoms with Gasteiger partial charge in [-0.3, -0.25) is 0 Å². The number of hydrogen-bond donors (Lipinski definition) is 2. The molecule has 2 aliphatic rings. The molecule has 2 aromatic carbocycles. The topological polar surface area (TPSA) is 40.5 Å².